The Morgan fingerprint density at radius 2 is 1.94 bits per heavy atom. The van der Waals surface area contributed by atoms with Crippen LogP contribution in [0.15, 0.2) is 18.2 Å². The van der Waals surface area contributed by atoms with Crippen LogP contribution in [-0.2, 0) is 5.41 Å². The van der Waals surface area contributed by atoms with E-state index in [0.717, 1.165) is 30.4 Å². The van der Waals surface area contributed by atoms with Crippen molar-refractivity contribution < 1.29 is 10.2 Å². The lowest BCUT2D eigenvalue weighted by molar-refractivity contribution is 0.102. The maximum atomic E-state index is 10.1. The first-order chi connectivity index (χ1) is 7.93. The average Bonchev–Trinajstić information content (AvgIpc) is 2.58. The van der Waals surface area contributed by atoms with E-state index in [0.29, 0.717) is 5.75 Å². The van der Waals surface area contributed by atoms with Gasteiger partial charge in [-0.25, -0.2) is 0 Å². The molecule has 0 aliphatic heterocycles. The molecule has 1 aromatic rings. The third kappa shape index (κ3) is 1.75. The second-order valence-corrected chi connectivity index (χ2v) is 6.00. The van der Waals surface area contributed by atoms with E-state index in [2.05, 4.69) is 13.8 Å². The van der Waals surface area contributed by atoms with Crippen LogP contribution in [0.4, 0.5) is 0 Å². The van der Waals surface area contributed by atoms with Crippen molar-refractivity contribution in [3.05, 3.63) is 29.3 Å². The predicted octanol–water partition coefficient (Wildman–Crippen LogP) is 3.14. The Kier molecular flexibility index (Phi) is 2.94. The van der Waals surface area contributed by atoms with Crippen molar-refractivity contribution in [2.75, 3.05) is 6.61 Å². The fraction of sp³-hybridized carbons (Fsp3) is 0.600. The van der Waals surface area contributed by atoms with E-state index in [1.54, 1.807) is 6.07 Å². The van der Waals surface area contributed by atoms with Gasteiger partial charge >= 0.3 is 0 Å². The predicted molar refractivity (Wildman–Crippen MR) is 69.2 cm³/mol. The van der Waals surface area contributed by atoms with Gasteiger partial charge in [-0.05, 0) is 31.2 Å². The van der Waals surface area contributed by atoms with Gasteiger partial charge in [0.1, 0.15) is 5.75 Å². The number of phenolic OH excluding ortho intramolecular Hbond substituents is 1. The van der Waals surface area contributed by atoms with Gasteiger partial charge in [-0.2, -0.15) is 0 Å². The van der Waals surface area contributed by atoms with Crippen LogP contribution in [0.5, 0.6) is 5.75 Å². The van der Waals surface area contributed by atoms with E-state index in [-0.39, 0.29) is 17.4 Å². The van der Waals surface area contributed by atoms with Gasteiger partial charge in [-0.1, -0.05) is 38.0 Å². The molecule has 2 nitrogen and oxygen atoms in total. The smallest absolute Gasteiger partial charge is 0.119 e. The number of aliphatic hydroxyl groups is 1. The molecular weight excluding hydrogens is 212 g/mol. The molecule has 0 spiro atoms. The number of hydrogen-bond donors (Lipinski definition) is 2. The minimum atomic E-state index is -0.289. The van der Waals surface area contributed by atoms with Crippen LogP contribution in [0, 0.1) is 12.3 Å². The Labute approximate surface area is 103 Å². The van der Waals surface area contributed by atoms with Crippen molar-refractivity contribution in [1.29, 1.82) is 0 Å². The van der Waals surface area contributed by atoms with Crippen molar-refractivity contribution in [2.24, 2.45) is 5.41 Å². The van der Waals surface area contributed by atoms with Crippen molar-refractivity contribution in [1.82, 2.24) is 0 Å². The lowest BCUT2D eigenvalue weighted by Crippen LogP contribution is -2.40. The molecule has 0 saturated heterocycles. The van der Waals surface area contributed by atoms with E-state index < -0.39 is 0 Å². The second kappa shape index (κ2) is 4.02. The van der Waals surface area contributed by atoms with Crippen molar-refractivity contribution in [2.45, 2.75) is 45.4 Å². The number of phenols is 1. The highest BCUT2D eigenvalue weighted by atomic mass is 16.3. The van der Waals surface area contributed by atoms with Crippen LogP contribution in [0.1, 0.15) is 44.2 Å². The maximum Gasteiger partial charge on any atom is 0.119 e. The van der Waals surface area contributed by atoms with E-state index in [9.17, 15) is 10.2 Å². The van der Waals surface area contributed by atoms with Crippen LogP contribution in [0.3, 0.4) is 0 Å². The first kappa shape index (κ1) is 12.4. The summed E-state index contributed by atoms with van der Waals surface area (Å²) in [6, 6.07) is 5.68. The Hall–Kier alpha value is -1.02. The molecule has 0 bridgehead atoms. The number of aryl methyl sites for hydroxylation is 1. The Bertz CT molecular complexity index is 423. The summed E-state index contributed by atoms with van der Waals surface area (Å²) in [4.78, 5) is 0. The minimum Gasteiger partial charge on any atom is -0.508 e. The number of aliphatic hydroxyl groups excluding tert-OH is 1. The van der Waals surface area contributed by atoms with Gasteiger partial charge in [0.15, 0.2) is 0 Å². The Morgan fingerprint density at radius 1 is 1.24 bits per heavy atom. The van der Waals surface area contributed by atoms with Crippen molar-refractivity contribution >= 4 is 0 Å². The molecule has 0 amide bonds. The third-order valence-electron chi connectivity index (χ3n) is 4.64. The first-order valence-corrected chi connectivity index (χ1v) is 6.34. The summed E-state index contributed by atoms with van der Waals surface area (Å²) in [5.41, 5.74) is 1.80. The molecule has 2 rings (SSSR count). The fourth-order valence-electron chi connectivity index (χ4n) is 3.32. The molecule has 1 atom stereocenters. The number of aromatic hydroxyl groups is 1. The third-order valence-corrected chi connectivity index (χ3v) is 4.64. The molecule has 0 radical (unpaired) electrons. The summed E-state index contributed by atoms with van der Waals surface area (Å²) in [5.74, 6) is 0.319. The molecule has 1 saturated carbocycles. The highest BCUT2D eigenvalue weighted by Crippen LogP contribution is 2.55. The molecule has 2 heteroatoms. The Morgan fingerprint density at radius 3 is 2.47 bits per heavy atom. The molecule has 1 aliphatic rings. The van der Waals surface area contributed by atoms with Gasteiger partial charge in [-0.3, -0.25) is 0 Å². The van der Waals surface area contributed by atoms with Gasteiger partial charge in [-0.15, -0.1) is 0 Å². The summed E-state index contributed by atoms with van der Waals surface area (Å²) in [7, 11) is 0. The highest BCUT2D eigenvalue weighted by molar-refractivity contribution is 5.43. The number of hydrogen-bond acceptors (Lipinski definition) is 2. The molecule has 1 aromatic carbocycles. The van der Waals surface area contributed by atoms with E-state index in [1.807, 2.05) is 19.1 Å². The molecule has 0 heterocycles. The van der Waals surface area contributed by atoms with Crippen LogP contribution >= 0.6 is 0 Å². The monoisotopic (exact) mass is 234 g/mol. The van der Waals surface area contributed by atoms with Crippen molar-refractivity contribution in [3.8, 4) is 5.75 Å². The fourth-order valence-corrected chi connectivity index (χ4v) is 3.32. The summed E-state index contributed by atoms with van der Waals surface area (Å²) in [6.07, 6.45) is 3.16. The molecule has 0 unspecified atom stereocenters. The first-order valence-electron chi connectivity index (χ1n) is 6.34. The zero-order chi connectivity index (χ0) is 12.7. The van der Waals surface area contributed by atoms with E-state index >= 15 is 0 Å². The van der Waals surface area contributed by atoms with Crippen molar-refractivity contribution in [3.63, 3.8) is 0 Å². The zero-order valence-electron chi connectivity index (χ0n) is 11.0. The lowest BCUT2D eigenvalue weighted by Gasteiger charge is -2.41. The largest absolute Gasteiger partial charge is 0.508 e. The highest BCUT2D eigenvalue weighted by Gasteiger charge is 2.50. The summed E-state index contributed by atoms with van der Waals surface area (Å²) >= 11 is 0. The van der Waals surface area contributed by atoms with Gasteiger partial charge in [0.2, 0.25) is 0 Å². The van der Waals surface area contributed by atoms with Crippen LogP contribution in [0.25, 0.3) is 0 Å². The topological polar surface area (TPSA) is 40.5 Å². The molecule has 2 N–H and O–H groups in total. The number of benzene rings is 1. The standard InChI is InChI=1S/C15H22O2/c1-11-5-6-13(17)12(9-11)15(10-16)8-4-7-14(15,2)3/h5-6,9,16-17H,4,7-8,10H2,1-3H3/t15-/m1/s1. The summed E-state index contributed by atoms with van der Waals surface area (Å²) < 4.78 is 0. The van der Waals surface area contributed by atoms with E-state index in [1.165, 1.54) is 0 Å². The summed E-state index contributed by atoms with van der Waals surface area (Å²) in [6.45, 7) is 6.52. The molecule has 1 fully saturated rings. The second-order valence-electron chi connectivity index (χ2n) is 6.00. The molecule has 94 valence electrons. The van der Waals surface area contributed by atoms with Crippen LogP contribution < -0.4 is 0 Å². The van der Waals surface area contributed by atoms with Gasteiger partial charge in [0, 0.05) is 11.0 Å². The van der Waals surface area contributed by atoms with Gasteiger partial charge < -0.3 is 10.2 Å². The summed E-state index contributed by atoms with van der Waals surface area (Å²) in [5, 5.41) is 20.0. The molecular formula is C15H22O2. The van der Waals surface area contributed by atoms with Gasteiger partial charge in [0.05, 0.1) is 6.61 Å². The zero-order valence-corrected chi connectivity index (χ0v) is 11.0. The van der Waals surface area contributed by atoms with E-state index in [4.69, 9.17) is 0 Å². The SMILES string of the molecule is Cc1ccc(O)c([C@]2(CO)CCCC2(C)C)c1. The van der Waals surface area contributed by atoms with Crippen LogP contribution in [0.2, 0.25) is 0 Å². The quantitative estimate of drug-likeness (QED) is 0.825. The molecule has 0 aromatic heterocycles. The molecule has 17 heavy (non-hydrogen) atoms. The minimum absolute atomic E-state index is 0.0347. The Balaban J connectivity index is 2.59. The normalized spacial score (nSPS) is 27.3. The van der Waals surface area contributed by atoms with Gasteiger partial charge in [0.25, 0.3) is 0 Å². The van der Waals surface area contributed by atoms with Crippen LogP contribution in [-0.4, -0.2) is 16.8 Å². The maximum absolute atomic E-state index is 10.1. The average molecular weight is 234 g/mol. The number of rotatable bonds is 2. The molecule has 1 aliphatic carbocycles. The lowest BCUT2D eigenvalue weighted by atomic mass is 9.64.